The lowest BCUT2D eigenvalue weighted by Gasteiger charge is -2.34. The zero-order chi connectivity index (χ0) is 25.2. The summed E-state index contributed by atoms with van der Waals surface area (Å²) in [7, 11) is 3.92. The predicted molar refractivity (Wildman–Crippen MR) is 142 cm³/mol. The highest BCUT2D eigenvalue weighted by Crippen LogP contribution is 2.38. The lowest BCUT2D eigenvalue weighted by molar-refractivity contribution is -0.118. The molecule has 0 radical (unpaired) electrons. The summed E-state index contributed by atoms with van der Waals surface area (Å²) in [6.07, 6.45) is 8.83. The van der Waals surface area contributed by atoms with Gasteiger partial charge in [-0.15, -0.1) is 0 Å². The summed E-state index contributed by atoms with van der Waals surface area (Å²) in [5.41, 5.74) is 2.20. The number of carbonyl (C=O) groups is 2. The average molecular weight is 492 g/mol. The maximum absolute atomic E-state index is 12.7. The number of hydrogen-bond acceptors (Lipinski definition) is 7. The predicted octanol–water partition coefficient (Wildman–Crippen LogP) is 3.55. The van der Waals surface area contributed by atoms with Crippen LogP contribution in [0.4, 0.5) is 23.1 Å². The lowest BCUT2D eigenvalue weighted by Crippen LogP contribution is -2.43. The first-order chi connectivity index (χ1) is 17.4. The Balaban J connectivity index is 1.32. The summed E-state index contributed by atoms with van der Waals surface area (Å²) >= 11 is 0. The van der Waals surface area contributed by atoms with Crippen LogP contribution in [0.5, 0.6) is 0 Å². The molecule has 0 bridgehead atoms. The van der Waals surface area contributed by atoms with Crippen LogP contribution in [0.2, 0.25) is 0 Å². The zero-order valence-electron chi connectivity index (χ0n) is 21.5. The van der Waals surface area contributed by atoms with Crippen molar-refractivity contribution < 1.29 is 9.59 Å². The van der Waals surface area contributed by atoms with Crippen molar-refractivity contribution in [2.45, 2.75) is 70.0 Å². The molecule has 2 aromatic rings. The number of aromatic nitrogens is 2. The second kappa shape index (κ2) is 10.4. The SMILES string of the molecule is CC1CC(=O)N(C)c2cnc(Nc3ccc(C(=O)NC4CCN(C)CC4)cc3)nc2N1C1CCCC1. The Morgan fingerprint density at radius 1 is 1.03 bits per heavy atom. The summed E-state index contributed by atoms with van der Waals surface area (Å²) in [5, 5.41) is 6.45. The van der Waals surface area contributed by atoms with Crippen LogP contribution in [0.25, 0.3) is 0 Å². The number of carbonyl (C=O) groups excluding carboxylic acids is 2. The Bertz CT molecular complexity index is 1090. The molecule has 192 valence electrons. The van der Waals surface area contributed by atoms with E-state index >= 15 is 0 Å². The second-order valence-corrected chi connectivity index (χ2v) is 10.5. The van der Waals surface area contributed by atoms with E-state index in [2.05, 4.69) is 39.4 Å². The molecule has 36 heavy (non-hydrogen) atoms. The fourth-order valence-corrected chi connectivity index (χ4v) is 5.66. The molecule has 1 unspecified atom stereocenters. The summed E-state index contributed by atoms with van der Waals surface area (Å²) in [6, 6.07) is 8.12. The highest BCUT2D eigenvalue weighted by atomic mass is 16.2. The Morgan fingerprint density at radius 3 is 2.42 bits per heavy atom. The highest BCUT2D eigenvalue weighted by molar-refractivity contribution is 5.98. The van der Waals surface area contributed by atoms with Crippen molar-refractivity contribution in [3.05, 3.63) is 36.0 Å². The average Bonchev–Trinajstić information content (AvgIpc) is 3.37. The third-order valence-electron chi connectivity index (χ3n) is 7.85. The van der Waals surface area contributed by atoms with Crippen LogP contribution < -0.4 is 20.4 Å². The van der Waals surface area contributed by atoms with Gasteiger partial charge in [0, 0.05) is 42.8 Å². The van der Waals surface area contributed by atoms with Crippen molar-refractivity contribution in [2.24, 2.45) is 0 Å². The molecule has 0 spiro atoms. The molecule has 3 aliphatic rings. The van der Waals surface area contributed by atoms with Crippen molar-refractivity contribution >= 4 is 35.0 Å². The first kappa shape index (κ1) is 24.5. The number of likely N-dealkylation sites (tertiary alicyclic amines) is 1. The smallest absolute Gasteiger partial charge is 0.251 e. The van der Waals surface area contributed by atoms with Gasteiger partial charge in [0.2, 0.25) is 11.9 Å². The monoisotopic (exact) mass is 491 g/mol. The molecule has 1 saturated carbocycles. The molecular formula is C27H37N7O2. The Hall–Kier alpha value is -3.20. The Morgan fingerprint density at radius 2 is 1.72 bits per heavy atom. The lowest BCUT2D eigenvalue weighted by atomic mass is 10.0. The molecule has 1 aliphatic carbocycles. The van der Waals surface area contributed by atoms with Gasteiger partial charge in [0.15, 0.2) is 5.82 Å². The van der Waals surface area contributed by atoms with E-state index < -0.39 is 0 Å². The number of rotatable bonds is 5. The molecule has 9 nitrogen and oxygen atoms in total. The van der Waals surface area contributed by atoms with Crippen LogP contribution in [-0.4, -0.2) is 72.0 Å². The number of hydrogen-bond donors (Lipinski definition) is 2. The van der Waals surface area contributed by atoms with E-state index in [1.807, 2.05) is 24.3 Å². The van der Waals surface area contributed by atoms with Crippen LogP contribution in [0.1, 0.15) is 62.2 Å². The van der Waals surface area contributed by atoms with Crippen molar-refractivity contribution in [1.29, 1.82) is 0 Å². The van der Waals surface area contributed by atoms with Gasteiger partial charge in [-0.3, -0.25) is 9.59 Å². The molecule has 3 heterocycles. The maximum Gasteiger partial charge on any atom is 0.251 e. The van der Waals surface area contributed by atoms with Gasteiger partial charge in [-0.25, -0.2) is 4.98 Å². The van der Waals surface area contributed by atoms with E-state index in [0.717, 1.165) is 56.0 Å². The van der Waals surface area contributed by atoms with Crippen LogP contribution in [0.15, 0.2) is 30.5 Å². The third kappa shape index (κ3) is 5.16. The first-order valence-electron chi connectivity index (χ1n) is 13.2. The topological polar surface area (TPSA) is 93.7 Å². The number of anilines is 4. The maximum atomic E-state index is 12.7. The summed E-state index contributed by atoms with van der Waals surface area (Å²) in [4.78, 5) is 41.2. The Kier molecular flexibility index (Phi) is 7.09. The normalized spacial score (nSPS) is 21.9. The molecule has 2 fully saturated rings. The van der Waals surface area contributed by atoms with Crippen LogP contribution in [0.3, 0.4) is 0 Å². The molecule has 5 rings (SSSR count). The van der Waals surface area contributed by atoms with E-state index in [4.69, 9.17) is 4.98 Å². The van der Waals surface area contributed by atoms with Crippen molar-refractivity contribution in [3.8, 4) is 0 Å². The van der Waals surface area contributed by atoms with E-state index in [-0.39, 0.29) is 23.9 Å². The minimum absolute atomic E-state index is 0.0359. The van der Waals surface area contributed by atoms with E-state index in [9.17, 15) is 9.59 Å². The molecule has 1 atom stereocenters. The highest BCUT2D eigenvalue weighted by Gasteiger charge is 2.35. The molecule has 2 N–H and O–H groups in total. The van der Waals surface area contributed by atoms with Crippen molar-refractivity contribution in [2.75, 3.05) is 42.3 Å². The molecule has 1 saturated heterocycles. The molecule has 9 heteroatoms. The number of piperidine rings is 1. The first-order valence-corrected chi connectivity index (χ1v) is 13.2. The van der Waals surface area contributed by atoms with Gasteiger partial charge >= 0.3 is 0 Å². The number of nitrogens with zero attached hydrogens (tertiary/aromatic N) is 5. The van der Waals surface area contributed by atoms with Crippen molar-refractivity contribution in [1.82, 2.24) is 20.2 Å². The number of nitrogens with one attached hydrogen (secondary N) is 2. The minimum atomic E-state index is -0.0359. The van der Waals surface area contributed by atoms with Gasteiger partial charge < -0.3 is 25.3 Å². The number of fused-ring (bicyclic) bond motifs is 1. The van der Waals surface area contributed by atoms with Gasteiger partial charge in [-0.05, 0) is 77.0 Å². The van der Waals surface area contributed by atoms with Gasteiger partial charge in [0.05, 0.1) is 6.20 Å². The van der Waals surface area contributed by atoms with Crippen molar-refractivity contribution in [3.63, 3.8) is 0 Å². The van der Waals surface area contributed by atoms with Gasteiger partial charge in [0.25, 0.3) is 5.91 Å². The third-order valence-corrected chi connectivity index (χ3v) is 7.85. The summed E-state index contributed by atoms with van der Waals surface area (Å²) < 4.78 is 0. The molecular weight excluding hydrogens is 454 g/mol. The standard InChI is InChI=1S/C27H37N7O2/c1-18-16-24(35)33(3)23-17-28-27(31-25(23)34(18)22-6-4-5-7-22)30-20-10-8-19(9-11-20)26(36)29-21-12-14-32(2)15-13-21/h8-11,17-18,21-22H,4-7,12-16H2,1-3H3,(H,29,36)(H,28,30,31). The quantitative estimate of drug-likeness (QED) is 0.661. The second-order valence-electron chi connectivity index (χ2n) is 10.5. The molecule has 1 aromatic heterocycles. The largest absolute Gasteiger partial charge is 0.349 e. The fourth-order valence-electron chi connectivity index (χ4n) is 5.66. The Labute approximate surface area is 213 Å². The number of benzene rings is 1. The van der Waals surface area contributed by atoms with E-state index in [1.54, 1.807) is 18.1 Å². The van der Waals surface area contributed by atoms with E-state index in [1.165, 1.54) is 12.8 Å². The van der Waals surface area contributed by atoms with Crippen LogP contribution in [0, 0.1) is 0 Å². The minimum Gasteiger partial charge on any atom is -0.349 e. The van der Waals surface area contributed by atoms with Crippen LogP contribution in [-0.2, 0) is 4.79 Å². The molecule has 2 amide bonds. The van der Waals surface area contributed by atoms with Crippen LogP contribution >= 0.6 is 0 Å². The summed E-state index contributed by atoms with van der Waals surface area (Å²) in [5.74, 6) is 1.35. The molecule has 1 aromatic carbocycles. The zero-order valence-corrected chi connectivity index (χ0v) is 21.5. The van der Waals surface area contributed by atoms with Gasteiger partial charge in [-0.2, -0.15) is 4.98 Å². The fraction of sp³-hybridized carbons (Fsp3) is 0.556. The molecule has 2 aliphatic heterocycles. The summed E-state index contributed by atoms with van der Waals surface area (Å²) in [6.45, 7) is 4.13. The van der Waals surface area contributed by atoms with Gasteiger partial charge in [0.1, 0.15) is 5.69 Å². The van der Waals surface area contributed by atoms with E-state index in [0.29, 0.717) is 24.0 Å². The number of amides is 2. The van der Waals surface area contributed by atoms with Gasteiger partial charge in [-0.1, -0.05) is 12.8 Å².